The molecule has 3 aromatic rings. The number of aryl methyl sites for hydroxylation is 3. The minimum absolute atomic E-state index is 0.0426. The summed E-state index contributed by atoms with van der Waals surface area (Å²) in [6, 6.07) is 10.1. The molecule has 2 heterocycles. The molecule has 0 unspecified atom stereocenters. The van der Waals surface area contributed by atoms with E-state index in [1.54, 1.807) is 18.9 Å². The summed E-state index contributed by atoms with van der Waals surface area (Å²) in [7, 11) is -7.03. The van der Waals surface area contributed by atoms with Crippen LogP contribution in [0.5, 0.6) is 5.75 Å². The molecule has 13 heteroatoms. The van der Waals surface area contributed by atoms with Crippen LogP contribution >= 0.6 is 11.8 Å². The molecule has 4 rings (SSSR count). The molecule has 1 aromatic heterocycles. The number of benzene rings is 2. The maximum atomic E-state index is 11.3. The molecule has 0 bridgehead atoms. The van der Waals surface area contributed by atoms with Crippen LogP contribution in [0.25, 0.3) is 15.9 Å². The molecule has 0 fully saturated rings. The van der Waals surface area contributed by atoms with Crippen LogP contribution in [0, 0.1) is 13.8 Å². The second kappa shape index (κ2) is 13.0. The summed E-state index contributed by atoms with van der Waals surface area (Å²) in [5, 5.41) is 0.954. The van der Waals surface area contributed by atoms with E-state index in [-0.39, 0.29) is 27.3 Å². The van der Waals surface area contributed by atoms with Crippen LogP contribution in [0.2, 0.25) is 0 Å². The molecule has 222 valence electrons. The SMILES string of the molecule is CCC(/C=C1\Sc2cc(C)c(C)cc2N1CCCS(=O)(=O)[O-])=C\c1[se]c2ccc(OC)cc2[n+]1CCCS(=O)(=O)[O-]. The quantitative estimate of drug-likeness (QED) is 0.158. The van der Waals surface area contributed by atoms with Gasteiger partial charge in [0.05, 0.1) is 0 Å². The van der Waals surface area contributed by atoms with E-state index < -0.39 is 31.7 Å². The molecule has 0 aliphatic carbocycles. The number of thioether (sulfide) groups is 1. The van der Waals surface area contributed by atoms with E-state index in [0.717, 1.165) is 47.5 Å². The van der Waals surface area contributed by atoms with Crippen LogP contribution < -0.4 is 14.2 Å². The number of hydrogen-bond acceptors (Lipinski definition) is 9. The van der Waals surface area contributed by atoms with Gasteiger partial charge in [-0.3, -0.25) is 0 Å². The van der Waals surface area contributed by atoms with E-state index in [0.29, 0.717) is 18.8 Å². The third-order valence-electron chi connectivity index (χ3n) is 6.86. The van der Waals surface area contributed by atoms with Gasteiger partial charge in [0.1, 0.15) is 0 Å². The molecular weight excluding hydrogens is 651 g/mol. The number of nitrogens with zero attached hydrogens (tertiary/aromatic N) is 2. The van der Waals surface area contributed by atoms with Crippen LogP contribution in [0.15, 0.2) is 51.9 Å². The molecule has 0 saturated heterocycles. The van der Waals surface area contributed by atoms with Gasteiger partial charge in [-0.05, 0) is 0 Å². The van der Waals surface area contributed by atoms with E-state index in [4.69, 9.17) is 4.74 Å². The van der Waals surface area contributed by atoms with Gasteiger partial charge < -0.3 is 0 Å². The Kier molecular flexibility index (Phi) is 10.1. The van der Waals surface area contributed by atoms with Crippen LogP contribution in [-0.4, -0.2) is 65.6 Å². The predicted octanol–water partition coefficient (Wildman–Crippen LogP) is 3.93. The van der Waals surface area contributed by atoms with Crippen LogP contribution in [0.4, 0.5) is 5.69 Å². The van der Waals surface area contributed by atoms with Crippen molar-refractivity contribution >= 4 is 68.0 Å². The van der Waals surface area contributed by atoms with E-state index in [1.807, 2.05) is 25.1 Å². The molecule has 2 aromatic carbocycles. The number of hydrogen-bond donors (Lipinski definition) is 0. The Bertz CT molecular complexity index is 1730. The Morgan fingerprint density at radius 2 is 1.73 bits per heavy atom. The monoisotopic (exact) mass is 685 g/mol. The van der Waals surface area contributed by atoms with Crippen molar-refractivity contribution in [2.75, 3.05) is 30.1 Å². The second-order valence-corrected chi connectivity index (χ2v) is 16.2. The zero-order valence-electron chi connectivity index (χ0n) is 23.4. The van der Waals surface area contributed by atoms with Crippen molar-refractivity contribution in [3.05, 3.63) is 62.7 Å². The average Bonchev–Trinajstić information content (AvgIpc) is 3.39. The fourth-order valence-corrected chi connectivity index (χ4v) is 9.21. The fraction of sp³-hybridized carbons (Fsp3) is 0.393. The molecule has 0 spiro atoms. The van der Waals surface area contributed by atoms with Crippen molar-refractivity contribution in [3.63, 3.8) is 0 Å². The number of methoxy groups -OCH3 is 1. The van der Waals surface area contributed by atoms with Crippen molar-refractivity contribution in [1.82, 2.24) is 0 Å². The maximum absolute atomic E-state index is 11.3. The topological polar surface area (TPSA) is 131 Å². The van der Waals surface area contributed by atoms with Gasteiger partial charge in [0.2, 0.25) is 0 Å². The Morgan fingerprint density at radius 1 is 1.05 bits per heavy atom. The summed E-state index contributed by atoms with van der Waals surface area (Å²) in [6.07, 6.45) is 5.39. The summed E-state index contributed by atoms with van der Waals surface area (Å²) in [5.74, 6) is -0.154. The van der Waals surface area contributed by atoms with Crippen molar-refractivity contribution in [2.24, 2.45) is 0 Å². The van der Waals surface area contributed by atoms with Crippen molar-refractivity contribution in [3.8, 4) is 5.75 Å². The summed E-state index contributed by atoms with van der Waals surface area (Å²) >= 11 is 1.58. The van der Waals surface area contributed by atoms with E-state index in [9.17, 15) is 25.9 Å². The molecule has 0 saturated carbocycles. The number of anilines is 1. The van der Waals surface area contributed by atoms with Gasteiger partial charge in [0.25, 0.3) is 0 Å². The van der Waals surface area contributed by atoms with Crippen molar-refractivity contribution in [1.29, 1.82) is 0 Å². The first-order valence-corrected chi connectivity index (χ1v) is 18.8. The number of ether oxygens (including phenoxy) is 1. The third-order valence-corrected chi connectivity index (χ3v) is 11.9. The summed E-state index contributed by atoms with van der Waals surface area (Å²) in [4.78, 5) is 3.17. The van der Waals surface area contributed by atoms with Gasteiger partial charge in [0.15, 0.2) is 0 Å². The fourth-order valence-electron chi connectivity index (χ4n) is 4.60. The Balaban J connectivity index is 1.74. The van der Waals surface area contributed by atoms with Gasteiger partial charge in [-0.25, -0.2) is 0 Å². The summed E-state index contributed by atoms with van der Waals surface area (Å²) in [5.41, 5.74) is 5.30. The van der Waals surface area contributed by atoms with E-state index in [2.05, 4.69) is 47.6 Å². The minimum atomic E-state index is -4.32. The normalized spacial score (nSPS) is 15.2. The Hall–Kier alpha value is -2.12. The predicted molar refractivity (Wildman–Crippen MR) is 161 cm³/mol. The number of fused-ring (bicyclic) bond motifs is 2. The number of allylic oxidation sites excluding steroid dienone is 2. The van der Waals surface area contributed by atoms with Crippen LogP contribution in [0.1, 0.15) is 41.9 Å². The summed E-state index contributed by atoms with van der Waals surface area (Å²) in [6.45, 7) is 6.94. The first kappa shape index (κ1) is 31.8. The van der Waals surface area contributed by atoms with Gasteiger partial charge >= 0.3 is 253 Å². The average molecular weight is 685 g/mol. The third kappa shape index (κ3) is 8.25. The molecule has 0 radical (unpaired) electrons. The van der Waals surface area contributed by atoms with Crippen LogP contribution in [0.3, 0.4) is 0 Å². The molecular formula is C28H33N2O7S3Se-. The van der Waals surface area contributed by atoms with Crippen molar-refractivity contribution in [2.45, 2.75) is 51.5 Å². The van der Waals surface area contributed by atoms with Gasteiger partial charge in [0, 0.05) is 0 Å². The van der Waals surface area contributed by atoms with Gasteiger partial charge in [-0.15, -0.1) is 0 Å². The first-order valence-electron chi connectivity index (χ1n) is 13.1. The molecule has 0 amide bonds. The number of aromatic nitrogens is 1. The van der Waals surface area contributed by atoms with Crippen LogP contribution in [-0.2, 0) is 26.8 Å². The first-order chi connectivity index (χ1) is 19.3. The van der Waals surface area contributed by atoms with Gasteiger partial charge in [-0.2, -0.15) is 0 Å². The Morgan fingerprint density at radius 3 is 2.39 bits per heavy atom. The Labute approximate surface area is 252 Å². The summed E-state index contributed by atoms with van der Waals surface area (Å²) < 4.78 is 77.3. The van der Waals surface area contributed by atoms with Gasteiger partial charge in [-0.1, -0.05) is 0 Å². The zero-order valence-corrected chi connectivity index (χ0v) is 27.5. The molecule has 1 aliphatic heterocycles. The molecule has 1 aliphatic rings. The molecule has 0 N–H and O–H groups in total. The second-order valence-electron chi connectivity index (χ2n) is 9.87. The number of rotatable bonds is 12. The molecule has 41 heavy (non-hydrogen) atoms. The zero-order chi connectivity index (χ0) is 29.9. The van der Waals surface area contributed by atoms with Crippen molar-refractivity contribution < 1.29 is 35.2 Å². The molecule has 9 nitrogen and oxygen atoms in total. The van der Waals surface area contributed by atoms with E-state index in [1.165, 1.54) is 5.56 Å². The standard InChI is InChI=1S/C28H34N2O7S3Se/c1-5-21(16-27-29(10-6-12-39(31,32)33)23-14-19(2)20(3)15-25(23)38-27)17-28-30(11-7-13-40(34,35)36)24-18-22(37-4)8-9-26(24)41-28/h8-9,14-18H,5-7,10-13H2,1-4H3,(H-,31,32,33,34,35,36)/p-1. The molecule has 0 atom stereocenters. The van der Waals surface area contributed by atoms with E-state index >= 15 is 0 Å².